The first-order valence-corrected chi connectivity index (χ1v) is 10.6. The lowest BCUT2D eigenvalue weighted by Gasteiger charge is -2.29. The quantitative estimate of drug-likeness (QED) is 0.315. The topological polar surface area (TPSA) is 61.8 Å². The molecule has 0 saturated carbocycles. The normalized spacial score (nSPS) is 14.9. The lowest BCUT2D eigenvalue weighted by atomic mass is 10.0. The van der Waals surface area contributed by atoms with E-state index in [-0.39, 0.29) is 36.1 Å². The molecule has 0 amide bonds. The van der Waals surface area contributed by atoms with E-state index < -0.39 is 11.7 Å². The van der Waals surface area contributed by atoms with Gasteiger partial charge in [-0.05, 0) is 24.6 Å². The Bertz CT molecular complexity index is 869. The molecule has 2 N–H and O–H groups in total. The first-order chi connectivity index (χ1) is 14.4. The van der Waals surface area contributed by atoms with Gasteiger partial charge in [-0.25, -0.2) is 4.98 Å². The third kappa shape index (κ3) is 7.49. The van der Waals surface area contributed by atoms with Crippen LogP contribution >= 0.6 is 35.3 Å². The summed E-state index contributed by atoms with van der Waals surface area (Å²) in [6.07, 6.45) is -3.72. The minimum absolute atomic E-state index is 0. The molecule has 0 spiro atoms. The largest absolute Gasteiger partial charge is 0.416 e. The second kappa shape index (κ2) is 11.9. The number of benzene rings is 1. The summed E-state index contributed by atoms with van der Waals surface area (Å²) in [7, 11) is 1.59. The second-order valence-corrected chi connectivity index (χ2v) is 7.96. The molecular formula is C20H27F3IN5OS. The highest BCUT2D eigenvalue weighted by atomic mass is 127. The van der Waals surface area contributed by atoms with Crippen LogP contribution in [0.3, 0.4) is 0 Å². The first kappa shape index (κ1) is 25.7. The number of nitrogens with one attached hydrogen (secondary N) is 2. The Hall–Kier alpha value is -1.60. The van der Waals surface area contributed by atoms with E-state index in [9.17, 15) is 13.2 Å². The number of morpholine rings is 1. The van der Waals surface area contributed by atoms with Crippen molar-refractivity contribution in [2.45, 2.75) is 26.1 Å². The summed E-state index contributed by atoms with van der Waals surface area (Å²) >= 11 is 1.59. The fourth-order valence-corrected chi connectivity index (χ4v) is 3.88. The maximum absolute atomic E-state index is 13.7. The summed E-state index contributed by atoms with van der Waals surface area (Å²) in [5.74, 6) is 0.451. The van der Waals surface area contributed by atoms with Crippen LogP contribution in [0.1, 0.15) is 21.8 Å². The van der Waals surface area contributed by atoms with Crippen molar-refractivity contribution in [1.82, 2.24) is 15.6 Å². The van der Waals surface area contributed by atoms with Crippen molar-refractivity contribution in [3.05, 3.63) is 45.4 Å². The number of thiazole rings is 1. The molecule has 0 bridgehead atoms. The van der Waals surface area contributed by atoms with E-state index >= 15 is 0 Å². The molecule has 1 fully saturated rings. The number of anilines is 1. The van der Waals surface area contributed by atoms with E-state index in [1.807, 2.05) is 17.2 Å². The first-order valence-electron chi connectivity index (χ1n) is 9.75. The Morgan fingerprint density at radius 1 is 1.26 bits per heavy atom. The van der Waals surface area contributed by atoms with Gasteiger partial charge in [-0.2, -0.15) is 13.2 Å². The van der Waals surface area contributed by atoms with Crippen LogP contribution in [0.15, 0.2) is 28.6 Å². The second-order valence-electron chi connectivity index (χ2n) is 6.90. The number of halogens is 4. The number of ether oxygens (including phenoxy) is 1. The predicted molar refractivity (Wildman–Crippen MR) is 129 cm³/mol. The van der Waals surface area contributed by atoms with Crippen LogP contribution in [0.4, 0.5) is 18.9 Å². The van der Waals surface area contributed by atoms with Crippen LogP contribution in [0.2, 0.25) is 0 Å². The van der Waals surface area contributed by atoms with Crippen molar-refractivity contribution in [3.8, 4) is 0 Å². The van der Waals surface area contributed by atoms with E-state index in [0.29, 0.717) is 50.9 Å². The third-order valence-corrected chi connectivity index (χ3v) is 5.61. The molecule has 6 nitrogen and oxygen atoms in total. The number of alkyl halides is 3. The lowest BCUT2D eigenvalue weighted by molar-refractivity contribution is -0.138. The number of hydrogen-bond donors (Lipinski definition) is 2. The fraction of sp³-hybridized carbons (Fsp3) is 0.500. The Labute approximate surface area is 201 Å². The molecule has 31 heavy (non-hydrogen) atoms. The maximum Gasteiger partial charge on any atom is 0.416 e. The summed E-state index contributed by atoms with van der Waals surface area (Å²) < 4.78 is 46.3. The zero-order valence-electron chi connectivity index (χ0n) is 17.5. The van der Waals surface area contributed by atoms with Crippen LogP contribution in [0.5, 0.6) is 0 Å². The maximum atomic E-state index is 13.7. The molecule has 1 aromatic heterocycles. The number of guanidine groups is 1. The summed E-state index contributed by atoms with van der Waals surface area (Å²) in [4.78, 5) is 10.4. The summed E-state index contributed by atoms with van der Waals surface area (Å²) in [6, 6.07) is 4.49. The van der Waals surface area contributed by atoms with Crippen molar-refractivity contribution < 1.29 is 17.9 Å². The van der Waals surface area contributed by atoms with Crippen molar-refractivity contribution in [2.75, 3.05) is 44.8 Å². The van der Waals surface area contributed by atoms with Gasteiger partial charge in [-0.1, -0.05) is 6.07 Å². The molecule has 1 aliphatic heterocycles. The molecule has 1 aromatic carbocycles. The monoisotopic (exact) mass is 569 g/mol. The molecule has 0 atom stereocenters. The highest BCUT2D eigenvalue weighted by molar-refractivity contribution is 14.0. The number of nitrogens with zero attached hydrogens (tertiary/aromatic N) is 3. The van der Waals surface area contributed by atoms with Gasteiger partial charge in [0.05, 0.1) is 29.5 Å². The molecule has 1 saturated heterocycles. The number of hydrogen-bond acceptors (Lipinski definition) is 5. The minimum atomic E-state index is -4.43. The van der Waals surface area contributed by atoms with Crippen molar-refractivity contribution in [3.63, 3.8) is 0 Å². The van der Waals surface area contributed by atoms with Crippen LogP contribution in [0, 0.1) is 6.92 Å². The molecule has 0 aliphatic carbocycles. The highest BCUT2D eigenvalue weighted by Crippen LogP contribution is 2.35. The molecule has 172 valence electrons. The van der Waals surface area contributed by atoms with Gasteiger partial charge in [0, 0.05) is 50.7 Å². The van der Waals surface area contributed by atoms with E-state index in [0.717, 1.165) is 10.7 Å². The van der Waals surface area contributed by atoms with Gasteiger partial charge in [0.25, 0.3) is 0 Å². The van der Waals surface area contributed by atoms with Crippen molar-refractivity contribution in [1.29, 1.82) is 0 Å². The molecule has 11 heteroatoms. The Balaban J connectivity index is 0.00000341. The van der Waals surface area contributed by atoms with Crippen molar-refractivity contribution in [2.24, 2.45) is 4.99 Å². The average molecular weight is 569 g/mol. The minimum Gasteiger partial charge on any atom is -0.378 e. The number of aromatic nitrogens is 1. The summed E-state index contributed by atoms with van der Waals surface area (Å²) in [6.45, 7) is 4.78. The van der Waals surface area contributed by atoms with Gasteiger partial charge in [-0.3, -0.25) is 4.99 Å². The Morgan fingerprint density at radius 2 is 2.00 bits per heavy atom. The lowest BCUT2D eigenvalue weighted by Crippen LogP contribution is -2.38. The molecule has 0 unspecified atom stereocenters. The SMILES string of the molecule is CN=C(NCCc1csc(C)n1)NCc1ccc(N2CCOCC2)cc1C(F)(F)F.I. The molecule has 3 rings (SSSR count). The zero-order chi connectivity index (χ0) is 21.6. The summed E-state index contributed by atoms with van der Waals surface area (Å²) in [5.41, 5.74) is 1.10. The Kier molecular flexibility index (Phi) is 9.82. The molecule has 2 heterocycles. The zero-order valence-corrected chi connectivity index (χ0v) is 20.6. The van der Waals surface area contributed by atoms with Gasteiger partial charge >= 0.3 is 6.18 Å². The van der Waals surface area contributed by atoms with Gasteiger partial charge < -0.3 is 20.3 Å². The number of aryl methyl sites for hydroxylation is 1. The van der Waals surface area contributed by atoms with Gasteiger partial charge in [-0.15, -0.1) is 35.3 Å². The third-order valence-electron chi connectivity index (χ3n) is 4.79. The van der Waals surface area contributed by atoms with E-state index in [1.165, 1.54) is 12.1 Å². The molecule has 1 aliphatic rings. The Morgan fingerprint density at radius 3 is 2.61 bits per heavy atom. The van der Waals surface area contributed by atoms with E-state index in [4.69, 9.17) is 4.74 Å². The van der Waals surface area contributed by atoms with Crippen LogP contribution in [0.25, 0.3) is 0 Å². The summed E-state index contributed by atoms with van der Waals surface area (Å²) in [5, 5.41) is 9.10. The molecule has 2 aromatic rings. The van der Waals surface area contributed by atoms with E-state index in [2.05, 4.69) is 20.6 Å². The van der Waals surface area contributed by atoms with Gasteiger partial charge in [0.15, 0.2) is 5.96 Å². The molecular weight excluding hydrogens is 542 g/mol. The van der Waals surface area contributed by atoms with E-state index in [1.54, 1.807) is 24.5 Å². The van der Waals surface area contributed by atoms with Gasteiger partial charge in [0.2, 0.25) is 0 Å². The molecule has 0 radical (unpaired) electrons. The number of aliphatic imine (C=N–C) groups is 1. The van der Waals surface area contributed by atoms with Crippen LogP contribution in [-0.2, 0) is 23.9 Å². The number of rotatable bonds is 6. The predicted octanol–water partition coefficient (Wildman–Crippen LogP) is 3.83. The standard InChI is InChI=1S/C20H26F3N5OS.HI/c1-14-27-16(13-30-14)5-6-25-19(24-2)26-12-15-3-4-17(11-18(15)20(21,22)23)28-7-9-29-10-8-28;/h3-4,11,13H,5-10,12H2,1-2H3,(H2,24,25,26);1H. The van der Waals surface area contributed by atoms with Crippen LogP contribution < -0.4 is 15.5 Å². The smallest absolute Gasteiger partial charge is 0.378 e. The van der Waals surface area contributed by atoms with Gasteiger partial charge in [0.1, 0.15) is 0 Å². The van der Waals surface area contributed by atoms with Crippen LogP contribution in [-0.4, -0.2) is 50.8 Å². The fourth-order valence-electron chi connectivity index (χ4n) is 3.23. The average Bonchev–Trinajstić information content (AvgIpc) is 3.15. The van der Waals surface area contributed by atoms with Crippen molar-refractivity contribution >= 4 is 47.0 Å². The highest BCUT2D eigenvalue weighted by Gasteiger charge is 2.34.